The number of nitrogens with one attached hydrogen (secondary N) is 1. The number of carboxylic acids is 1. The van der Waals surface area contributed by atoms with Crippen LogP contribution < -0.4 is 5.32 Å². The smallest absolute Gasteiger partial charge is 0.344 e. The first-order chi connectivity index (χ1) is 20.3. The van der Waals surface area contributed by atoms with Crippen molar-refractivity contribution in [2.45, 2.75) is 18.4 Å². The molecule has 11 nitrogen and oxygen atoms in total. The van der Waals surface area contributed by atoms with Crippen LogP contribution in [0, 0.1) is 0 Å². The third-order valence-electron chi connectivity index (χ3n) is 6.33. The first-order valence-electron chi connectivity index (χ1n) is 12.7. The Kier molecular flexibility index (Phi) is 10.9. The fourth-order valence-electron chi connectivity index (χ4n) is 4.18. The highest BCUT2D eigenvalue weighted by molar-refractivity contribution is 6.31. The molecule has 0 saturated carbocycles. The molecular weight excluding hydrogens is 580 g/mol. The Morgan fingerprint density at radius 3 is 2.21 bits per heavy atom. The number of aromatic carboxylic acids is 1. The number of anilines is 1. The van der Waals surface area contributed by atoms with E-state index in [1.807, 2.05) is 30.3 Å². The van der Waals surface area contributed by atoms with Crippen LogP contribution in [0.5, 0.6) is 0 Å². The maximum absolute atomic E-state index is 13.6. The van der Waals surface area contributed by atoms with Gasteiger partial charge in [-0.25, -0.2) is 4.79 Å². The van der Waals surface area contributed by atoms with Crippen molar-refractivity contribution in [2.24, 2.45) is 0 Å². The molecule has 3 aromatic rings. The summed E-state index contributed by atoms with van der Waals surface area (Å²) in [6.45, 7) is 0. The molecule has 12 heteroatoms. The second-order valence-electron chi connectivity index (χ2n) is 9.31. The van der Waals surface area contributed by atoms with Crippen molar-refractivity contribution >= 4 is 46.8 Å². The van der Waals surface area contributed by atoms with Gasteiger partial charge in [-0.2, -0.15) is 0 Å². The number of benzene rings is 3. The van der Waals surface area contributed by atoms with Gasteiger partial charge in [-0.3, -0.25) is 14.4 Å². The van der Waals surface area contributed by atoms with Crippen LogP contribution >= 0.6 is 11.6 Å². The minimum Gasteiger partial charge on any atom is -0.495 e. The number of ether oxygens (including phenoxy) is 1. The van der Waals surface area contributed by atoms with Gasteiger partial charge in [-0.15, -0.1) is 0 Å². The summed E-state index contributed by atoms with van der Waals surface area (Å²) >= 11 is 6.15. The van der Waals surface area contributed by atoms with Crippen LogP contribution in [0.2, 0.25) is 5.02 Å². The molecule has 3 rings (SSSR count). The molecule has 224 valence electrons. The summed E-state index contributed by atoms with van der Waals surface area (Å²) in [5, 5.41) is 40.7. The standard InChI is InChI=1S/C31H29ClN2O9/c1-34(18-27(43-2)23(14-15-35)25-17-21(32)10-13-24(25)28(36)31(40,41)42)26(16-19-6-4-3-5-7-19)29(37)33-22-11-8-20(9-12-22)30(38)39/h3-15,17-18,26,40-42H,16H2,1-2H3,(H,33,37)(H,38,39)/b23-14-,27-18+. The normalized spacial score (nSPS) is 12.7. The number of allylic oxidation sites excluding steroid dienone is 2. The lowest BCUT2D eigenvalue weighted by molar-refractivity contribution is -0.267. The zero-order valence-corrected chi connectivity index (χ0v) is 23.9. The molecule has 1 unspecified atom stereocenters. The van der Waals surface area contributed by atoms with Gasteiger partial charge >= 0.3 is 11.9 Å². The van der Waals surface area contributed by atoms with Gasteiger partial charge < -0.3 is 35.4 Å². The largest absolute Gasteiger partial charge is 0.495 e. The number of amides is 1. The van der Waals surface area contributed by atoms with Crippen molar-refractivity contribution in [3.63, 3.8) is 0 Å². The van der Waals surface area contributed by atoms with Gasteiger partial charge in [0.05, 0.1) is 12.7 Å². The molecule has 0 aliphatic rings. The van der Waals surface area contributed by atoms with E-state index >= 15 is 0 Å². The molecule has 0 fully saturated rings. The van der Waals surface area contributed by atoms with E-state index in [4.69, 9.17) is 21.4 Å². The molecule has 0 aliphatic carbocycles. The minimum absolute atomic E-state index is 0.0115. The minimum atomic E-state index is -3.70. The van der Waals surface area contributed by atoms with Gasteiger partial charge in [0.2, 0.25) is 5.91 Å². The van der Waals surface area contributed by atoms with Crippen LogP contribution in [0.1, 0.15) is 31.8 Å². The Morgan fingerprint density at radius 1 is 1.00 bits per heavy atom. The monoisotopic (exact) mass is 608 g/mol. The number of aliphatic hydroxyl groups is 3. The first kappa shape index (κ1) is 32.7. The summed E-state index contributed by atoms with van der Waals surface area (Å²) in [4.78, 5) is 50.5. The fraction of sp³-hybridized carbons (Fsp3) is 0.161. The van der Waals surface area contributed by atoms with Crippen molar-refractivity contribution in [2.75, 3.05) is 19.5 Å². The number of carbonyl (C=O) groups excluding carboxylic acids is 3. The van der Waals surface area contributed by atoms with Crippen LogP contribution in [0.25, 0.3) is 5.57 Å². The van der Waals surface area contributed by atoms with Gasteiger partial charge in [0.15, 0.2) is 0 Å². The number of hydrogen-bond donors (Lipinski definition) is 5. The average molecular weight is 609 g/mol. The molecule has 0 radical (unpaired) electrons. The molecule has 0 heterocycles. The van der Waals surface area contributed by atoms with Gasteiger partial charge in [-0.1, -0.05) is 41.9 Å². The van der Waals surface area contributed by atoms with E-state index in [1.54, 1.807) is 7.05 Å². The molecule has 0 spiro atoms. The maximum Gasteiger partial charge on any atom is 0.344 e. The lowest BCUT2D eigenvalue weighted by atomic mass is 9.94. The summed E-state index contributed by atoms with van der Waals surface area (Å²) in [5.74, 6) is -6.75. The molecule has 43 heavy (non-hydrogen) atoms. The third kappa shape index (κ3) is 8.60. The highest BCUT2D eigenvalue weighted by Crippen LogP contribution is 2.31. The quantitative estimate of drug-likeness (QED) is 0.0484. The van der Waals surface area contributed by atoms with Crippen molar-refractivity contribution in [1.82, 2.24) is 4.90 Å². The van der Waals surface area contributed by atoms with E-state index < -0.39 is 29.7 Å². The van der Waals surface area contributed by atoms with E-state index in [9.17, 15) is 34.5 Å². The van der Waals surface area contributed by atoms with Gasteiger partial charge in [0, 0.05) is 41.5 Å². The molecule has 1 amide bonds. The number of likely N-dealkylation sites (N-methyl/N-ethyl adjacent to an activating group) is 1. The number of Topliss-reactive ketones (excluding diaryl/α,β-unsaturated/α-hetero) is 1. The number of aldehydes is 1. The van der Waals surface area contributed by atoms with E-state index in [0.717, 1.165) is 17.7 Å². The Balaban J connectivity index is 2.06. The maximum atomic E-state index is 13.6. The number of rotatable bonds is 13. The lowest BCUT2D eigenvalue weighted by Gasteiger charge is -2.28. The Bertz CT molecular complexity index is 1550. The van der Waals surface area contributed by atoms with E-state index in [0.29, 0.717) is 12.0 Å². The van der Waals surface area contributed by atoms with Crippen LogP contribution in [0.3, 0.4) is 0 Å². The fourth-order valence-corrected chi connectivity index (χ4v) is 4.35. The molecule has 0 saturated heterocycles. The number of nitrogens with zero attached hydrogens (tertiary/aromatic N) is 1. The Morgan fingerprint density at radius 2 is 1.65 bits per heavy atom. The van der Waals surface area contributed by atoms with Crippen LogP contribution in [0.4, 0.5) is 5.69 Å². The summed E-state index contributed by atoms with van der Waals surface area (Å²) in [5.41, 5.74) is 0.788. The SMILES string of the molecule is COC(=C/N(C)C(Cc1ccccc1)C(=O)Nc1ccc(C(=O)O)cc1)/C(=C\C=O)c1cc(Cl)ccc1C(=O)C(O)(O)O. The molecule has 0 aromatic heterocycles. The topological polar surface area (TPSA) is 174 Å². The molecule has 5 N–H and O–H groups in total. The summed E-state index contributed by atoms with van der Waals surface area (Å²) < 4.78 is 5.55. The lowest BCUT2D eigenvalue weighted by Crippen LogP contribution is -2.41. The predicted octanol–water partition coefficient (Wildman–Crippen LogP) is 3.10. The van der Waals surface area contributed by atoms with Gasteiger partial charge in [-0.05, 0) is 59.7 Å². The summed E-state index contributed by atoms with van der Waals surface area (Å²) in [6, 6.07) is 17.6. The number of carboxylic acid groups (broad SMARTS) is 1. The van der Waals surface area contributed by atoms with Crippen LogP contribution in [-0.2, 0) is 20.7 Å². The number of hydrogen-bond acceptors (Lipinski definition) is 9. The first-order valence-corrected chi connectivity index (χ1v) is 13.1. The zero-order valence-electron chi connectivity index (χ0n) is 23.1. The highest BCUT2D eigenvalue weighted by atomic mass is 35.5. The van der Waals surface area contributed by atoms with Crippen molar-refractivity contribution < 1.29 is 44.3 Å². The van der Waals surface area contributed by atoms with Crippen LogP contribution in [-0.4, -0.2) is 75.4 Å². The van der Waals surface area contributed by atoms with Crippen LogP contribution in [0.15, 0.2) is 90.8 Å². The van der Waals surface area contributed by atoms with Gasteiger partial charge in [0.25, 0.3) is 5.78 Å². The van der Waals surface area contributed by atoms with Crippen molar-refractivity contribution in [3.05, 3.63) is 118 Å². The molecule has 3 aromatic carbocycles. The van der Waals surface area contributed by atoms with Crippen molar-refractivity contribution in [3.8, 4) is 0 Å². The Hall–Kier alpha value is -4.81. The summed E-state index contributed by atoms with van der Waals surface area (Å²) in [7, 11) is 2.87. The molecule has 1 atom stereocenters. The predicted molar refractivity (Wildman–Crippen MR) is 158 cm³/mol. The molecule has 0 aliphatic heterocycles. The zero-order chi connectivity index (χ0) is 31.7. The number of methoxy groups -OCH3 is 1. The van der Waals surface area contributed by atoms with E-state index in [1.165, 1.54) is 54.6 Å². The van der Waals surface area contributed by atoms with E-state index in [-0.39, 0.29) is 39.5 Å². The number of halogens is 1. The second-order valence-corrected chi connectivity index (χ2v) is 9.75. The second kappa shape index (κ2) is 14.4. The third-order valence-corrected chi connectivity index (χ3v) is 6.56. The molecular formula is C31H29ClN2O9. The summed E-state index contributed by atoms with van der Waals surface area (Å²) in [6.07, 6.45) is 3.10. The number of ketones is 1. The molecule has 0 bridgehead atoms. The van der Waals surface area contributed by atoms with Gasteiger partial charge in [0.1, 0.15) is 18.1 Å². The van der Waals surface area contributed by atoms with E-state index in [2.05, 4.69) is 5.32 Å². The number of carbonyl (C=O) groups is 4. The average Bonchev–Trinajstić information content (AvgIpc) is 2.97. The highest BCUT2D eigenvalue weighted by Gasteiger charge is 2.34. The van der Waals surface area contributed by atoms with Crippen molar-refractivity contribution in [1.29, 1.82) is 0 Å². The Labute approximate surface area is 251 Å².